The molecule has 2 aromatic rings. The first kappa shape index (κ1) is 14.3. The van der Waals surface area contributed by atoms with Gasteiger partial charge in [0.2, 0.25) is 0 Å². The Morgan fingerprint density at radius 2 is 1.95 bits per heavy atom. The van der Waals surface area contributed by atoms with Crippen LogP contribution in [0.4, 0.5) is 5.82 Å². The van der Waals surface area contributed by atoms with Crippen molar-refractivity contribution >= 4 is 5.82 Å². The maximum atomic E-state index is 5.78. The zero-order valence-corrected chi connectivity index (χ0v) is 11.9. The van der Waals surface area contributed by atoms with Gasteiger partial charge in [-0.2, -0.15) is 0 Å². The average Bonchev–Trinajstić information content (AvgIpc) is 2.52. The fourth-order valence-corrected chi connectivity index (χ4v) is 1.91. The van der Waals surface area contributed by atoms with E-state index in [1.165, 1.54) is 5.56 Å². The molecule has 106 valence electrons. The molecule has 1 aromatic carbocycles. The van der Waals surface area contributed by atoms with Gasteiger partial charge < -0.3 is 14.8 Å². The molecule has 0 aliphatic heterocycles. The van der Waals surface area contributed by atoms with Gasteiger partial charge in [-0.1, -0.05) is 18.2 Å². The molecule has 0 saturated carbocycles. The lowest BCUT2D eigenvalue weighted by molar-refractivity contribution is 0.202. The quantitative estimate of drug-likeness (QED) is 0.841. The lowest BCUT2D eigenvalue weighted by Gasteiger charge is -2.10. The van der Waals surface area contributed by atoms with Crippen molar-refractivity contribution in [1.29, 1.82) is 0 Å². The van der Waals surface area contributed by atoms with Crippen LogP contribution in [0.25, 0.3) is 0 Å². The van der Waals surface area contributed by atoms with Crippen LogP contribution in [0.5, 0.6) is 5.75 Å². The van der Waals surface area contributed by atoms with Gasteiger partial charge in [0.1, 0.15) is 18.2 Å². The van der Waals surface area contributed by atoms with Crippen LogP contribution < -0.4 is 10.1 Å². The van der Waals surface area contributed by atoms with Crippen LogP contribution >= 0.6 is 0 Å². The maximum absolute atomic E-state index is 5.78. The van der Waals surface area contributed by atoms with Crippen LogP contribution in [-0.4, -0.2) is 25.7 Å². The van der Waals surface area contributed by atoms with E-state index >= 15 is 0 Å². The van der Waals surface area contributed by atoms with Gasteiger partial charge in [0.25, 0.3) is 0 Å². The summed E-state index contributed by atoms with van der Waals surface area (Å²) < 4.78 is 10.8. The summed E-state index contributed by atoms with van der Waals surface area (Å²) in [7, 11) is 3.57. The van der Waals surface area contributed by atoms with Gasteiger partial charge in [-0.15, -0.1) is 0 Å². The number of pyridine rings is 1. The number of nitrogens with zero attached hydrogens (tertiary/aromatic N) is 1. The third-order valence-corrected chi connectivity index (χ3v) is 3.04. The van der Waals surface area contributed by atoms with E-state index in [0.717, 1.165) is 30.2 Å². The zero-order valence-electron chi connectivity index (χ0n) is 11.9. The van der Waals surface area contributed by atoms with Crippen molar-refractivity contribution in [3.63, 3.8) is 0 Å². The van der Waals surface area contributed by atoms with Crippen LogP contribution in [0.3, 0.4) is 0 Å². The van der Waals surface area contributed by atoms with Crippen molar-refractivity contribution < 1.29 is 9.47 Å². The summed E-state index contributed by atoms with van der Waals surface area (Å²) in [6, 6.07) is 12.0. The van der Waals surface area contributed by atoms with Crippen LogP contribution in [-0.2, 0) is 17.8 Å². The number of nitrogens with one attached hydrogen (secondary N) is 1. The molecular formula is C16H20N2O2. The molecular weight excluding hydrogens is 252 g/mol. The Kier molecular flexibility index (Phi) is 5.38. The molecule has 4 nitrogen and oxygen atoms in total. The molecule has 1 aromatic heterocycles. The molecule has 0 amide bonds. The second kappa shape index (κ2) is 7.50. The summed E-state index contributed by atoms with van der Waals surface area (Å²) >= 11 is 0. The monoisotopic (exact) mass is 272 g/mol. The highest BCUT2D eigenvalue weighted by molar-refractivity contribution is 5.42. The first-order valence-electron chi connectivity index (χ1n) is 6.66. The van der Waals surface area contributed by atoms with E-state index in [2.05, 4.69) is 22.4 Å². The van der Waals surface area contributed by atoms with Crippen LogP contribution in [0, 0.1) is 0 Å². The lowest BCUT2D eigenvalue weighted by atomic mass is 10.1. The molecule has 0 fully saturated rings. The predicted molar refractivity (Wildman–Crippen MR) is 80.1 cm³/mol. The Morgan fingerprint density at radius 3 is 2.65 bits per heavy atom. The number of benzene rings is 1. The number of hydrogen-bond donors (Lipinski definition) is 1. The van der Waals surface area contributed by atoms with E-state index in [1.54, 1.807) is 13.3 Å². The van der Waals surface area contributed by atoms with Crippen LogP contribution in [0.1, 0.15) is 11.1 Å². The molecule has 0 unspecified atom stereocenters. The SMILES string of the molecule is CNc1ncccc1COc1ccc(CCOC)cc1. The van der Waals surface area contributed by atoms with Crippen molar-refractivity contribution in [2.45, 2.75) is 13.0 Å². The fourth-order valence-electron chi connectivity index (χ4n) is 1.91. The molecule has 0 atom stereocenters. The minimum absolute atomic E-state index is 0.501. The highest BCUT2D eigenvalue weighted by Crippen LogP contribution is 2.17. The normalized spacial score (nSPS) is 10.3. The van der Waals surface area contributed by atoms with Gasteiger partial charge in [0.15, 0.2) is 0 Å². The number of anilines is 1. The summed E-state index contributed by atoms with van der Waals surface area (Å²) in [5.74, 6) is 1.71. The van der Waals surface area contributed by atoms with Crippen molar-refractivity contribution in [1.82, 2.24) is 4.98 Å². The Labute approximate surface area is 119 Å². The standard InChI is InChI=1S/C16H20N2O2/c1-17-16-14(4-3-10-18-16)12-20-15-7-5-13(6-8-15)9-11-19-2/h3-8,10H,9,11-12H2,1-2H3,(H,17,18). The molecule has 0 aliphatic rings. The molecule has 4 heteroatoms. The van der Waals surface area contributed by atoms with E-state index in [0.29, 0.717) is 6.61 Å². The van der Waals surface area contributed by atoms with Gasteiger partial charge >= 0.3 is 0 Å². The third-order valence-electron chi connectivity index (χ3n) is 3.04. The fraction of sp³-hybridized carbons (Fsp3) is 0.312. The maximum Gasteiger partial charge on any atom is 0.132 e. The molecule has 0 saturated heterocycles. The molecule has 1 heterocycles. The Balaban J connectivity index is 1.93. The Hall–Kier alpha value is -2.07. The summed E-state index contributed by atoms with van der Waals surface area (Å²) in [5, 5.41) is 3.06. The highest BCUT2D eigenvalue weighted by Gasteiger charge is 2.02. The molecule has 0 spiro atoms. The van der Waals surface area contributed by atoms with Gasteiger partial charge in [-0.3, -0.25) is 0 Å². The number of methoxy groups -OCH3 is 1. The molecule has 2 rings (SSSR count). The van der Waals surface area contributed by atoms with Crippen molar-refractivity contribution in [3.8, 4) is 5.75 Å². The van der Waals surface area contributed by atoms with Crippen LogP contribution in [0.15, 0.2) is 42.6 Å². The van der Waals surface area contributed by atoms with Gasteiger partial charge in [0.05, 0.1) is 6.61 Å². The predicted octanol–water partition coefficient (Wildman–Crippen LogP) is 2.89. The minimum atomic E-state index is 0.501. The lowest BCUT2D eigenvalue weighted by Crippen LogP contribution is -2.02. The van der Waals surface area contributed by atoms with Crippen molar-refractivity contribution in [2.75, 3.05) is 26.1 Å². The minimum Gasteiger partial charge on any atom is -0.489 e. The third kappa shape index (κ3) is 3.96. The zero-order chi connectivity index (χ0) is 14.2. The number of rotatable bonds is 7. The molecule has 20 heavy (non-hydrogen) atoms. The second-order valence-corrected chi connectivity index (χ2v) is 4.44. The first-order chi connectivity index (χ1) is 9.83. The highest BCUT2D eigenvalue weighted by atomic mass is 16.5. The Bertz CT molecular complexity index is 526. The molecule has 1 N–H and O–H groups in total. The van der Waals surface area contributed by atoms with Gasteiger partial charge in [0, 0.05) is 25.9 Å². The van der Waals surface area contributed by atoms with E-state index in [4.69, 9.17) is 9.47 Å². The van der Waals surface area contributed by atoms with Crippen LogP contribution in [0.2, 0.25) is 0 Å². The van der Waals surface area contributed by atoms with Crippen molar-refractivity contribution in [3.05, 3.63) is 53.7 Å². The summed E-state index contributed by atoms with van der Waals surface area (Å²) in [5.41, 5.74) is 2.29. The number of hydrogen-bond acceptors (Lipinski definition) is 4. The molecule has 0 radical (unpaired) electrons. The summed E-state index contributed by atoms with van der Waals surface area (Å²) in [4.78, 5) is 4.25. The molecule has 0 bridgehead atoms. The summed E-state index contributed by atoms with van der Waals surface area (Å²) in [6.45, 7) is 1.24. The van der Waals surface area contributed by atoms with Crippen molar-refractivity contribution in [2.24, 2.45) is 0 Å². The van der Waals surface area contributed by atoms with E-state index in [1.807, 2.05) is 31.3 Å². The largest absolute Gasteiger partial charge is 0.489 e. The molecule has 0 aliphatic carbocycles. The number of aromatic nitrogens is 1. The average molecular weight is 272 g/mol. The second-order valence-electron chi connectivity index (χ2n) is 4.44. The number of ether oxygens (including phenoxy) is 2. The van der Waals surface area contributed by atoms with Gasteiger partial charge in [-0.25, -0.2) is 4.98 Å². The smallest absolute Gasteiger partial charge is 0.132 e. The van der Waals surface area contributed by atoms with Gasteiger partial charge in [-0.05, 0) is 30.2 Å². The first-order valence-corrected chi connectivity index (χ1v) is 6.66. The summed E-state index contributed by atoms with van der Waals surface area (Å²) in [6.07, 6.45) is 2.68. The topological polar surface area (TPSA) is 43.4 Å². The Morgan fingerprint density at radius 1 is 1.15 bits per heavy atom. The van der Waals surface area contributed by atoms with E-state index in [9.17, 15) is 0 Å². The van der Waals surface area contributed by atoms with E-state index < -0.39 is 0 Å². The van der Waals surface area contributed by atoms with E-state index in [-0.39, 0.29) is 0 Å².